The number of halogens is 1. The second kappa shape index (κ2) is 9.43. The molecule has 8 heteroatoms. The van der Waals surface area contributed by atoms with Crippen LogP contribution in [0.5, 0.6) is 11.5 Å². The Bertz CT molecular complexity index is 1130. The van der Waals surface area contributed by atoms with Gasteiger partial charge in [0.15, 0.2) is 11.5 Å². The minimum atomic E-state index is -0.220. The topological polar surface area (TPSA) is 73.8 Å². The van der Waals surface area contributed by atoms with Gasteiger partial charge in [-0.1, -0.05) is 41.9 Å². The molecule has 3 aromatic rings. The highest BCUT2D eigenvalue weighted by Gasteiger charge is 2.43. The molecule has 1 aromatic heterocycles. The van der Waals surface area contributed by atoms with Gasteiger partial charge in [0.1, 0.15) is 18.1 Å². The predicted molar refractivity (Wildman–Crippen MR) is 124 cm³/mol. The molecule has 1 amide bonds. The number of ether oxygens (including phenoxy) is 3. The van der Waals surface area contributed by atoms with Crippen LogP contribution in [-0.2, 0) is 11.3 Å². The highest BCUT2D eigenvalue weighted by Crippen LogP contribution is 2.42. The Morgan fingerprint density at radius 1 is 1.09 bits per heavy atom. The summed E-state index contributed by atoms with van der Waals surface area (Å²) in [7, 11) is 1.61. The molecular formula is C25H26ClN3O4. The lowest BCUT2D eigenvalue weighted by molar-refractivity contribution is 0.100. The number of fused-ring (bicyclic) bond motifs is 2. The van der Waals surface area contributed by atoms with E-state index in [1.165, 1.54) is 6.33 Å². The molecule has 2 fully saturated rings. The summed E-state index contributed by atoms with van der Waals surface area (Å²) in [5.41, 5.74) is 1.72. The number of rotatable bonds is 6. The number of aromatic nitrogens is 2. The van der Waals surface area contributed by atoms with Crippen molar-refractivity contribution in [1.82, 2.24) is 14.9 Å². The zero-order valence-electron chi connectivity index (χ0n) is 18.4. The molecule has 7 nitrogen and oxygen atoms in total. The second-order valence-electron chi connectivity index (χ2n) is 8.80. The fourth-order valence-corrected chi connectivity index (χ4v) is 5.23. The molecule has 2 aromatic carbocycles. The summed E-state index contributed by atoms with van der Waals surface area (Å²) in [5.74, 6) is 2.70. The van der Waals surface area contributed by atoms with Crippen LogP contribution in [0, 0.1) is 17.8 Å². The third kappa shape index (κ3) is 4.69. The van der Waals surface area contributed by atoms with Crippen molar-refractivity contribution in [2.45, 2.75) is 19.4 Å². The van der Waals surface area contributed by atoms with E-state index in [0.29, 0.717) is 47.6 Å². The number of methoxy groups -OCH3 is 1. The second-order valence-corrected chi connectivity index (χ2v) is 9.16. The molecule has 1 saturated carbocycles. The van der Waals surface area contributed by atoms with Crippen LogP contribution >= 0.6 is 11.6 Å². The molecule has 0 N–H and O–H groups in total. The van der Waals surface area contributed by atoms with Gasteiger partial charge < -0.3 is 19.1 Å². The minimum absolute atomic E-state index is 0.220. The summed E-state index contributed by atoms with van der Waals surface area (Å²) < 4.78 is 17.2. The molecule has 5 rings (SSSR count). The van der Waals surface area contributed by atoms with Crippen molar-refractivity contribution in [2.75, 3.05) is 26.8 Å². The highest BCUT2D eigenvalue weighted by molar-refractivity contribution is 6.34. The first-order chi connectivity index (χ1) is 16.1. The Hall–Kier alpha value is -3.06. The van der Waals surface area contributed by atoms with E-state index in [1.54, 1.807) is 7.11 Å². The fraction of sp³-hybridized carbons (Fsp3) is 0.400. The van der Waals surface area contributed by atoms with Gasteiger partial charge in [-0.15, -0.1) is 0 Å². The van der Waals surface area contributed by atoms with Gasteiger partial charge in [0, 0.05) is 24.5 Å². The van der Waals surface area contributed by atoms with Crippen LogP contribution < -0.4 is 9.47 Å². The van der Waals surface area contributed by atoms with Gasteiger partial charge in [-0.3, -0.25) is 0 Å². The molecular weight excluding hydrogens is 442 g/mol. The van der Waals surface area contributed by atoms with Gasteiger partial charge in [-0.05, 0) is 42.2 Å². The van der Waals surface area contributed by atoms with E-state index >= 15 is 0 Å². The number of nitrogens with zero attached hydrogens (tertiary/aromatic N) is 3. The Kier molecular flexibility index (Phi) is 6.22. The van der Waals surface area contributed by atoms with Gasteiger partial charge in [-0.2, -0.15) is 0 Å². The van der Waals surface area contributed by atoms with Gasteiger partial charge in [0.2, 0.25) is 0 Å². The first kappa shape index (κ1) is 21.8. The summed E-state index contributed by atoms with van der Waals surface area (Å²) in [6, 6.07) is 13.4. The standard InChI is InChI=1S/C25H26ClN3O4/c1-31-22-9-20-21(27-15-28-24(20)26)10-23(22)32-14-17-7-18-11-29(12-19(18)8-17)25(30)33-13-16-5-3-2-4-6-16/h2-6,9-10,15,17-19H,7-8,11-14H2,1H3. The normalized spacial score (nSPS) is 21.8. The maximum absolute atomic E-state index is 12.5. The fourth-order valence-electron chi connectivity index (χ4n) is 5.03. The van der Waals surface area contributed by atoms with Crippen molar-refractivity contribution in [2.24, 2.45) is 17.8 Å². The third-order valence-corrected chi connectivity index (χ3v) is 6.96. The summed E-state index contributed by atoms with van der Waals surface area (Å²) in [4.78, 5) is 22.6. The Morgan fingerprint density at radius 3 is 2.58 bits per heavy atom. The van der Waals surface area contributed by atoms with E-state index in [0.717, 1.165) is 42.4 Å². The van der Waals surface area contributed by atoms with Crippen LogP contribution in [0.2, 0.25) is 5.15 Å². The molecule has 172 valence electrons. The third-order valence-electron chi connectivity index (χ3n) is 6.66. The molecule has 0 spiro atoms. The number of likely N-dealkylation sites (tertiary alicyclic amines) is 1. The van der Waals surface area contributed by atoms with Gasteiger partial charge >= 0.3 is 6.09 Å². The van der Waals surface area contributed by atoms with Crippen molar-refractivity contribution in [3.05, 3.63) is 59.5 Å². The molecule has 33 heavy (non-hydrogen) atoms. The lowest BCUT2D eigenvalue weighted by atomic mass is 10.0. The van der Waals surface area contributed by atoms with Crippen LogP contribution in [0.15, 0.2) is 48.8 Å². The summed E-state index contributed by atoms with van der Waals surface area (Å²) in [6.45, 7) is 2.42. The van der Waals surface area contributed by atoms with Gasteiger partial charge in [0.05, 0.1) is 19.2 Å². The summed E-state index contributed by atoms with van der Waals surface area (Å²) in [5, 5.41) is 1.12. The lowest BCUT2D eigenvalue weighted by Crippen LogP contribution is -2.30. The molecule has 2 heterocycles. The van der Waals surface area contributed by atoms with Crippen LogP contribution in [0.3, 0.4) is 0 Å². The molecule has 2 aliphatic rings. The predicted octanol–water partition coefficient (Wildman–Crippen LogP) is 4.97. The highest BCUT2D eigenvalue weighted by atomic mass is 35.5. The van der Waals surface area contributed by atoms with E-state index in [9.17, 15) is 4.79 Å². The van der Waals surface area contributed by atoms with Crippen LogP contribution in [0.25, 0.3) is 10.9 Å². The number of benzene rings is 2. The molecule has 1 saturated heterocycles. The van der Waals surface area contributed by atoms with E-state index < -0.39 is 0 Å². The Morgan fingerprint density at radius 2 is 1.85 bits per heavy atom. The Balaban J connectivity index is 1.14. The largest absolute Gasteiger partial charge is 0.493 e. The van der Waals surface area contributed by atoms with Crippen molar-refractivity contribution in [3.8, 4) is 11.5 Å². The van der Waals surface area contributed by atoms with Gasteiger partial charge in [-0.25, -0.2) is 14.8 Å². The van der Waals surface area contributed by atoms with Crippen molar-refractivity contribution in [3.63, 3.8) is 0 Å². The van der Waals surface area contributed by atoms with Crippen LogP contribution in [-0.4, -0.2) is 47.8 Å². The van der Waals surface area contributed by atoms with E-state index in [2.05, 4.69) is 9.97 Å². The molecule has 2 unspecified atom stereocenters. The van der Waals surface area contributed by atoms with Gasteiger partial charge in [0.25, 0.3) is 0 Å². The Labute approximate surface area is 197 Å². The summed E-state index contributed by atoms with van der Waals surface area (Å²) in [6.07, 6.45) is 3.30. The zero-order valence-corrected chi connectivity index (χ0v) is 19.2. The quantitative estimate of drug-likeness (QED) is 0.477. The maximum atomic E-state index is 12.5. The molecule has 2 atom stereocenters. The molecule has 0 radical (unpaired) electrons. The average molecular weight is 468 g/mol. The number of hydrogen-bond acceptors (Lipinski definition) is 6. The smallest absolute Gasteiger partial charge is 0.410 e. The monoisotopic (exact) mass is 467 g/mol. The number of carbonyl (C=O) groups is 1. The van der Waals surface area contributed by atoms with E-state index in [-0.39, 0.29) is 6.09 Å². The van der Waals surface area contributed by atoms with Crippen LogP contribution in [0.4, 0.5) is 4.79 Å². The first-order valence-corrected chi connectivity index (χ1v) is 11.5. The number of amides is 1. The molecule has 1 aliphatic carbocycles. The van der Waals surface area contributed by atoms with E-state index in [4.69, 9.17) is 25.8 Å². The van der Waals surface area contributed by atoms with Crippen molar-refractivity contribution in [1.29, 1.82) is 0 Å². The first-order valence-electron chi connectivity index (χ1n) is 11.2. The molecule has 1 aliphatic heterocycles. The summed E-state index contributed by atoms with van der Waals surface area (Å²) >= 11 is 6.17. The van der Waals surface area contributed by atoms with Crippen molar-refractivity contribution < 1.29 is 19.0 Å². The van der Waals surface area contributed by atoms with Crippen LogP contribution in [0.1, 0.15) is 18.4 Å². The number of hydrogen-bond donors (Lipinski definition) is 0. The van der Waals surface area contributed by atoms with E-state index in [1.807, 2.05) is 47.4 Å². The maximum Gasteiger partial charge on any atom is 0.410 e. The zero-order chi connectivity index (χ0) is 22.8. The van der Waals surface area contributed by atoms with Crippen molar-refractivity contribution >= 4 is 28.6 Å². The lowest BCUT2D eigenvalue weighted by Gasteiger charge is -2.20. The number of carbonyl (C=O) groups excluding carboxylic acids is 1. The SMILES string of the molecule is COc1cc2c(Cl)ncnc2cc1OCC1CC2CN(C(=O)OCc3ccccc3)CC2C1. The minimum Gasteiger partial charge on any atom is -0.493 e. The molecule has 0 bridgehead atoms. The average Bonchev–Trinajstić information content (AvgIpc) is 3.41.